The Hall–Kier alpha value is -2.09. The average molecular weight is 390 g/mol. The van der Waals surface area contributed by atoms with Crippen molar-refractivity contribution in [1.82, 2.24) is 9.88 Å². The van der Waals surface area contributed by atoms with E-state index in [9.17, 15) is 24.1 Å². The summed E-state index contributed by atoms with van der Waals surface area (Å²) in [7, 11) is 0. The SMILES string of the molecule is Oc1ccc([C@H](O)CN2C[C@@H]3CC(O)(Cc4cccc(F)c4F)C[C@H]3C2)nc1. The van der Waals surface area contributed by atoms with Crippen LogP contribution in [0.3, 0.4) is 0 Å². The van der Waals surface area contributed by atoms with E-state index < -0.39 is 23.3 Å². The molecule has 0 unspecified atom stereocenters. The Morgan fingerprint density at radius 1 is 1.14 bits per heavy atom. The number of likely N-dealkylation sites (tertiary alicyclic amines) is 1. The van der Waals surface area contributed by atoms with E-state index >= 15 is 0 Å². The summed E-state index contributed by atoms with van der Waals surface area (Å²) in [6, 6.07) is 7.17. The number of pyridine rings is 1. The second kappa shape index (κ2) is 7.39. The maximum Gasteiger partial charge on any atom is 0.162 e. The van der Waals surface area contributed by atoms with Crippen molar-refractivity contribution < 1.29 is 24.1 Å². The molecular weight excluding hydrogens is 366 g/mol. The lowest BCUT2D eigenvalue weighted by Gasteiger charge is -2.27. The van der Waals surface area contributed by atoms with Crippen LogP contribution in [0.1, 0.15) is 30.2 Å². The average Bonchev–Trinajstić information content (AvgIpc) is 3.13. The quantitative estimate of drug-likeness (QED) is 0.731. The lowest BCUT2D eigenvalue weighted by Crippen LogP contribution is -2.34. The largest absolute Gasteiger partial charge is 0.506 e. The maximum absolute atomic E-state index is 14.0. The zero-order chi connectivity index (χ0) is 19.9. The molecule has 0 amide bonds. The lowest BCUT2D eigenvalue weighted by molar-refractivity contribution is 0.0318. The molecule has 150 valence electrons. The van der Waals surface area contributed by atoms with Crippen LogP contribution in [0, 0.1) is 23.5 Å². The third-order valence-corrected chi connectivity index (χ3v) is 6.03. The van der Waals surface area contributed by atoms with E-state index in [1.54, 1.807) is 6.07 Å². The normalized spacial score (nSPS) is 25.0. The Morgan fingerprint density at radius 3 is 2.50 bits per heavy atom. The molecule has 1 aliphatic carbocycles. The molecule has 1 aromatic carbocycles. The van der Waals surface area contributed by atoms with Crippen molar-refractivity contribution >= 4 is 0 Å². The summed E-state index contributed by atoms with van der Waals surface area (Å²) >= 11 is 0. The van der Waals surface area contributed by atoms with E-state index in [0.29, 0.717) is 25.1 Å². The Bertz CT molecular complexity index is 832. The van der Waals surface area contributed by atoms with Crippen molar-refractivity contribution in [2.75, 3.05) is 19.6 Å². The number of halogens is 2. The van der Waals surface area contributed by atoms with Crippen molar-refractivity contribution in [3.05, 3.63) is 59.4 Å². The van der Waals surface area contributed by atoms with Crippen LogP contribution in [-0.2, 0) is 6.42 Å². The van der Waals surface area contributed by atoms with E-state index in [0.717, 1.165) is 19.2 Å². The van der Waals surface area contributed by atoms with Crippen LogP contribution in [0.25, 0.3) is 0 Å². The second-order valence-corrected chi connectivity index (χ2v) is 8.22. The summed E-state index contributed by atoms with van der Waals surface area (Å²) in [5.74, 6) is -1.18. The minimum absolute atomic E-state index is 0.0562. The highest BCUT2D eigenvalue weighted by Crippen LogP contribution is 2.45. The number of benzene rings is 1. The third-order valence-electron chi connectivity index (χ3n) is 6.03. The van der Waals surface area contributed by atoms with Gasteiger partial charge in [0.25, 0.3) is 0 Å². The fraction of sp³-hybridized carbons (Fsp3) is 0.476. The first-order valence-electron chi connectivity index (χ1n) is 9.53. The van der Waals surface area contributed by atoms with Crippen LogP contribution in [0.15, 0.2) is 36.5 Å². The van der Waals surface area contributed by atoms with Gasteiger partial charge in [0.1, 0.15) is 11.9 Å². The molecule has 2 fully saturated rings. The molecule has 0 bridgehead atoms. The van der Waals surface area contributed by atoms with Crippen molar-refractivity contribution in [3.63, 3.8) is 0 Å². The molecule has 2 aliphatic rings. The van der Waals surface area contributed by atoms with Gasteiger partial charge < -0.3 is 15.3 Å². The minimum Gasteiger partial charge on any atom is -0.506 e. The molecule has 1 saturated heterocycles. The number of aliphatic hydroxyl groups is 2. The number of rotatable bonds is 5. The van der Waals surface area contributed by atoms with Gasteiger partial charge in [0.05, 0.1) is 17.5 Å². The van der Waals surface area contributed by atoms with Crippen molar-refractivity contribution in [2.24, 2.45) is 11.8 Å². The molecule has 28 heavy (non-hydrogen) atoms. The standard InChI is InChI=1S/C21H24F2N2O3/c22-17-3-1-2-13(20(17)23)6-21(28)7-14-10-25(11-15(14)8-21)12-19(27)18-5-4-16(26)9-24-18/h1-5,9,14-15,19,26-28H,6-8,10-12H2/t14-,15-,19+/m0/s1. The van der Waals surface area contributed by atoms with E-state index in [2.05, 4.69) is 9.88 Å². The van der Waals surface area contributed by atoms with Crippen LogP contribution < -0.4 is 0 Å². The van der Waals surface area contributed by atoms with Crippen LogP contribution in [-0.4, -0.2) is 50.4 Å². The van der Waals surface area contributed by atoms with Crippen molar-refractivity contribution in [1.29, 1.82) is 0 Å². The van der Waals surface area contributed by atoms with Gasteiger partial charge >= 0.3 is 0 Å². The van der Waals surface area contributed by atoms with Crippen molar-refractivity contribution in [3.8, 4) is 5.75 Å². The Kier molecular flexibility index (Phi) is 5.07. The molecule has 3 atom stereocenters. The highest BCUT2D eigenvalue weighted by molar-refractivity contribution is 5.22. The molecule has 0 radical (unpaired) electrons. The topological polar surface area (TPSA) is 76.8 Å². The maximum atomic E-state index is 14.0. The number of aromatic nitrogens is 1. The first-order chi connectivity index (χ1) is 13.3. The molecule has 0 spiro atoms. The fourth-order valence-electron chi connectivity index (χ4n) is 4.82. The number of β-amino-alcohol motifs (C(OH)–C–C–N with tert-alkyl or cyclic N) is 1. The number of aliphatic hydroxyl groups excluding tert-OH is 1. The third kappa shape index (κ3) is 3.87. The molecule has 3 N–H and O–H groups in total. The molecule has 5 nitrogen and oxygen atoms in total. The van der Waals surface area contributed by atoms with Crippen LogP contribution in [0.5, 0.6) is 5.75 Å². The zero-order valence-electron chi connectivity index (χ0n) is 15.4. The smallest absolute Gasteiger partial charge is 0.162 e. The Labute approximate surface area is 162 Å². The molecular formula is C21H24F2N2O3. The van der Waals surface area contributed by atoms with E-state index in [1.807, 2.05) is 0 Å². The fourth-order valence-corrected chi connectivity index (χ4v) is 4.82. The Balaban J connectivity index is 1.35. The Morgan fingerprint density at radius 2 is 1.86 bits per heavy atom. The van der Waals surface area contributed by atoms with Gasteiger partial charge in [-0.2, -0.15) is 0 Å². The van der Waals surface area contributed by atoms with Crippen molar-refractivity contribution in [2.45, 2.75) is 31.0 Å². The highest BCUT2D eigenvalue weighted by Gasteiger charge is 2.48. The first kappa shape index (κ1) is 19.2. The number of fused-ring (bicyclic) bond motifs is 1. The van der Waals surface area contributed by atoms with Crippen LogP contribution in [0.4, 0.5) is 8.78 Å². The predicted molar refractivity (Wildman–Crippen MR) is 98.5 cm³/mol. The summed E-state index contributed by atoms with van der Waals surface area (Å²) in [6.07, 6.45) is 1.75. The van der Waals surface area contributed by atoms with Crippen LogP contribution >= 0.6 is 0 Å². The summed E-state index contributed by atoms with van der Waals surface area (Å²) in [5.41, 5.74) is -0.297. The van der Waals surface area contributed by atoms with Gasteiger partial charge in [0, 0.05) is 26.1 Å². The predicted octanol–water partition coefficient (Wildman–Crippen LogP) is 2.41. The zero-order valence-corrected chi connectivity index (χ0v) is 15.4. The number of hydrogen-bond acceptors (Lipinski definition) is 5. The minimum atomic E-state index is -1.02. The summed E-state index contributed by atoms with van der Waals surface area (Å²) in [6.45, 7) is 1.92. The van der Waals surface area contributed by atoms with Gasteiger partial charge in [-0.25, -0.2) is 8.78 Å². The number of aromatic hydroxyl groups is 1. The second-order valence-electron chi connectivity index (χ2n) is 8.22. The van der Waals surface area contributed by atoms with E-state index in [1.165, 1.54) is 24.4 Å². The monoisotopic (exact) mass is 390 g/mol. The summed E-state index contributed by atoms with van der Waals surface area (Å²) < 4.78 is 27.4. The molecule has 1 saturated carbocycles. The van der Waals surface area contributed by atoms with Gasteiger partial charge in [-0.15, -0.1) is 0 Å². The van der Waals surface area contributed by atoms with Gasteiger partial charge in [-0.1, -0.05) is 12.1 Å². The summed E-state index contributed by atoms with van der Waals surface area (Å²) in [5, 5.41) is 30.6. The van der Waals surface area contributed by atoms with E-state index in [-0.39, 0.29) is 29.6 Å². The van der Waals surface area contributed by atoms with Gasteiger partial charge in [0.2, 0.25) is 0 Å². The molecule has 2 heterocycles. The number of nitrogens with zero attached hydrogens (tertiary/aromatic N) is 2. The van der Waals surface area contributed by atoms with Crippen LogP contribution in [0.2, 0.25) is 0 Å². The highest BCUT2D eigenvalue weighted by atomic mass is 19.2. The van der Waals surface area contributed by atoms with Gasteiger partial charge in [-0.05, 0) is 48.4 Å². The molecule has 7 heteroatoms. The van der Waals surface area contributed by atoms with Gasteiger partial charge in [0.15, 0.2) is 11.6 Å². The van der Waals surface area contributed by atoms with E-state index in [4.69, 9.17) is 0 Å². The molecule has 1 aliphatic heterocycles. The lowest BCUT2D eigenvalue weighted by atomic mass is 9.91. The first-order valence-corrected chi connectivity index (χ1v) is 9.53. The van der Waals surface area contributed by atoms with Gasteiger partial charge in [-0.3, -0.25) is 9.88 Å². The molecule has 1 aromatic heterocycles. The molecule has 2 aromatic rings. The number of hydrogen-bond donors (Lipinski definition) is 3. The molecule has 4 rings (SSSR count). The summed E-state index contributed by atoms with van der Waals surface area (Å²) in [4.78, 5) is 6.19.